The Balaban J connectivity index is 1.74. The summed E-state index contributed by atoms with van der Waals surface area (Å²) in [6.07, 6.45) is 14.9. The smallest absolute Gasteiger partial charge is 0.00165 e. The Labute approximate surface area is 141 Å². The quantitative estimate of drug-likeness (QED) is 0.679. The normalized spacial score (nSPS) is 33.1. The molecule has 0 aromatic heterocycles. The van der Waals surface area contributed by atoms with E-state index in [1.165, 1.54) is 64.2 Å². The fraction of sp³-hybridized carbons (Fsp3) is 0.682. The molecule has 0 spiro atoms. The number of rotatable bonds is 2. The van der Waals surface area contributed by atoms with E-state index in [-0.39, 0.29) is 0 Å². The van der Waals surface area contributed by atoms with Crippen LogP contribution in [0.5, 0.6) is 0 Å². The lowest BCUT2D eigenvalue weighted by atomic mass is 9.61. The molecule has 1 aromatic rings. The van der Waals surface area contributed by atoms with Crippen LogP contribution in [0.4, 0.5) is 0 Å². The molecule has 3 aliphatic carbocycles. The molecule has 23 heavy (non-hydrogen) atoms. The molecule has 0 heterocycles. The fourth-order valence-corrected chi connectivity index (χ4v) is 5.54. The maximum absolute atomic E-state index is 7.85. The predicted octanol–water partition coefficient (Wildman–Crippen LogP) is 5.69. The van der Waals surface area contributed by atoms with E-state index in [4.69, 9.17) is 5.41 Å². The van der Waals surface area contributed by atoms with Gasteiger partial charge in [-0.05, 0) is 110 Å². The standard InChI is InChI=1S/C22H31N/c1-2-16-11-15(14-23)7-8-19-12-17-5-3-4-6-18(17)13-22(19)21-10-9-20(16)21/h12-16,20-21,23H,2-11H2,1H3/t15?,16-,20?,21?/m1/s1. The zero-order chi connectivity index (χ0) is 15.8. The maximum Gasteiger partial charge on any atom is -0.00165 e. The third-order valence-corrected chi connectivity index (χ3v) is 7.09. The predicted molar refractivity (Wildman–Crippen MR) is 97.5 cm³/mol. The van der Waals surface area contributed by atoms with Crippen molar-refractivity contribution in [3.8, 4) is 0 Å². The van der Waals surface area contributed by atoms with Crippen molar-refractivity contribution in [2.24, 2.45) is 17.8 Å². The summed E-state index contributed by atoms with van der Waals surface area (Å²) >= 11 is 0. The van der Waals surface area contributed by atoms with Gasteiger partial charge in [0.2, 0.25) is 0 Å². The van der Waals surface area contributed by atoms with Crippen molar-refractivity contribution in [2.75, 3.05) is 0 Å². The monoisotopic (exact) mass is 309 g/mol. The highest BCUT2D eigenvalue weighted by molar-refractivity contribution is 5.57. The summed E-state index contributed by atoms with van der Waals surface area (Å²) in [5, 5.41) is 7.85. The molecule has 1 N–H and O–H groups in total. The Morgan fingerprint density at radius 3 is 2.43 bits per heavy atom. The Morgan fingerprint density at radius 2 is 1.78 bits per heavy atom. The lowest BCUT2D eigenvalue weighted by Gasteiger charge is -2.43. The van der Waals surface area contributed by atoms with Crippen LogP contribution in [0.15, 0.2) is 12.1 Å². The molecule has 124 valence electrons. The molecular formula is C22H31N. The molecule has 1 aromatic carbocycles. The summed E-state index contributed by atoms with van der Waals surface area (Å²) in [7, 11) is 0. The molecule has 0 amide bonds. The summed E-state index contributed by atoms with van der Waals surface area (Å²) < 4.78 is 0. The van der Waals surface area contributed by atoms with Gasteiger partial charge < -0.3 is 5.41 Å². The summed E-state index contributed by atoms with van der Waals surface area (Å²) in [4.78, 5) is 0. The van der Waals surface area contributed by atoms with Crippen LogP contribution in [0.3, 0.4) is 0 Å². The van der Waals surface area contributed by atoms with E-state index >= 15 is 0 Å². The Hall–Kier alpha value is -1.11. The van der Waals surface area contributed by atoms with Crippen molar-refractivity contribution >= 4 is 6.21 Å². The summed E-state index contributed by atoms with van der Waals surface area (Å²) in [5.41, 5.74) is 6.66. The van der Waals surface area contributed by atoms with E-state index in [0.717, 1.165) is 17.8 Å². The molecule has 1 heteroatoms. The molecule has 4 atom stereocenters. The van der Waals surface area contributed by atoms with Gasteiger partial charge in [-0.25, -0.2) is 0 Å². The van der Waals surface area contributed by atoms with Crippen molar-refractivity contribution in [3.63, 3.8) is 0 Å². The molecule has 0 radical (unpaired) electrons. The minimum absolute atomic E-state index is 0.503. The molecule has 3 unspecified atom stereocenters. The molecule has 0 aliphatic heterocycles. The first-order chi connectivity index (χ1) is 11.3. The van der Waals surface area contributed by atoms with Crippen LogP contribution in [0, 0.1) is 23.2 Å². The van der Waals surface area contributed by atoms with Gasteiger partial charge in [-0.15, -0.1) is 0 Å². The average Bonchev–Trinajstić information content (AvgIpc) is 2.59. The molecular weight excluding hydrogens is 278 g/mol. The Kier molecular flexibility index (Phi) is 4.30. The second-order valence-electron chi connectivity index (χ2n) is 8.24. The van der Waals surface area contributed by atoms with Crippen molar-refractivity contribution in [1.29, 1.82) is 5.41 Å². The van der Waals surface area contributed by atoms with Crippen molar-refractivity contribution in [2.45, 2.75) is 77.0 Å². The van der Waals surface area contributed by atoms with Gasteiger partial charge in [-0.1, -0.05) is 25.5 Å². The second kappa shape index (κ2) is 6.42. The highest BCUT2D eigenvalue weighted by Gasteiger charge is 2.39. The maximum atomic E-state index is 7.85. The highest BCUT2D eigenvalue weighted by Crippen LogP contribution is 2.51. The van der Waals surface area contributed by atoms with Gasteiger partial charge in [0.1, 0.15) is 0 Å². The highest BCUT2D eigenvalue weighted by atomic mass is 14.5. The van der Waals surface area contributed by atoms with Gasteiger partial charge in [0.25, 0.3) is 0 Å². The molecule has 1 nitrogen and oxygen atoms in total. The molecule has 4 rings (SSSR count). The first-order valence-corrected chi connectivity index (χ1v) is 9.95. The molecule has 1 fully saturated rings. The van der Waals surface area contributed by atoms with E-state index in [0.29, 0.717) is 5.92 Å². The molecule has 3 aliphatic rings. The Morgan fingerprint density at radius 1 is 1.00 bits per heavy atom. The lowest BCUT2D eigenvalue weighted by Crippen LogP contribution is -2.32. The van der Waals surface area contributed by atoms with Crippen LogP contribution >= 0.6 is 0 Å². The first-order valence-electron chi connectivity index (χ1n) is 9.95. The SMILES string of the molecule is CC[C@@H]1CC(C=N)CCc2cc3c(cc2C2CCC21)CCCC3. The van der Waals surface area contributed by atoms with Crippen molar-refractivity contribution < 1.29 is 0 Å². The lowest BCUT2D eigenvalue weighted by molar-refractivity contribution is 0.144. The fourth-order valence-electron chi connectivity index (χ4n) is 5.54. The van der Waals surface area contributed by atoms with Crippen LogP contribution in [0.25, 0.3) is 0 Å². The van der Waals surface area contributed by atoms with Gasteiger partial charge >= 0.3 is 0 Å². The van der Waals surface area contributed by atoms with Gasteiger partial charge in [-0.2, -0.15) is 0 Å². The van der Waals surface area contributed by atoms with Gasteiger partial charge in [0.15, 0.2) is 0 Å². The molecule has 0 bridgehead atoms. The first kappa shape index (κ1) is 15.4. The van der Waals surface area contributed by atoms with Gasteiger partial charge in [0.05, 0.1) is 0 Å². The Bertz CT molecular complexity index is 588. The minimum atomic E-state index is 0.503. The van der Waals surface area contributed by atoms with Crippen molar-refractivity contribution in [3.05, 3.63) is 34.4 Å². The van der Waals surface area contributed by atoms with Crippen LogP contribution < -0.4 is 0 Å². The van der Waals surface area contributed by atoms with E-state index < -0.39 is 0 Å². The topological polar surface area (TPSA) is 23.9 Å². The molecule has 0 saturated heterocycles. The third-order valence-electron chi connectivity index (χ3n) is 7.09. The number of fused-ring (bicyclic) bond motifs is 4. The average molecular weight is 309 g/mol. The van der Waals surface area contributed by atoms with E-state index in [2.05, 4.69) is 19.1 Å². The number of hydrogen-bond acceptors (Lipinski definition) is 1. The summed E-state index contributed by atoms with van der Waals surface area (Å²) in [6, 6.07) is 5.20. The summed E-state index contributed by atoms with van der Waals surface area (Å²) in [6.45, 7) is 2.37. The second-order valence-corrected chi connectivity index (χ2v) is 8.24. The van der Waals surface area contributed by atoms with Crippen molar-refractivity contribution in [1.82, 2.24) is 0 Å². The zero-order valence-electron chi connectivity index (χ0n) is 14.6. The largest absolute Gasteiger partial charge is 0.313 e. The van der Waals surface area contributed by atoms with Gasteiger partial charge in [-0.3, -0.25) is 0 Å². The third kappa shape index (κ3) is 2.77. The number of hydrogen-bond donors (Lipinski definition) is 1. The van der Waals surface area contributed by atoms with Gasteiger partial charge in [0, 0.05) is 0 Å². The van der Waals surface area contributed by atoms with E-state index in [1.54, 1.807) is 28.5 Å². The number of nitrogens with one attached hydrogen (secondary N) is 1. The number of aryl methyl sites for hydroxylation is 3. The van der Waals surface area contributed by atoms with Crippen LogP contribution in [-0.4, -0.2) is 6.21 Å². The van der Waals surface area contributed by atoms with E-state index in [9.17, 15) is 0 Å². The summed E-state index contributed by atoms with van der Waals surface area (Å²) in [5.74, 6) is 3.05. The van der Waals surface area contributed by atoms with Crippen LogP contribution in [0.2, 0.25) is 0 Å². The molecule has 1 saturated carbocycles. The minimum Gasteiger partial charge on any atom is -0.313 e. The van der Waals surface area contributed by atoms with Crippen LogP contribution in [-0.2, 0) is 19.3 Å². The zero-order valence-corrected chi connectivity index (χ0v) is 14.6. The van der Waals surface area contributed by atoms with E-state index in [1.807, 2.05) is 0 Å². The van der Waals surface area contributed by atoms with Crippen LogP contribution in [0.1, 0.15) is 80.0 Å². The number of benzene rings is 1.